The molecule has 3 aromatic rings. The topological polar surface area (TPSA) is 139 Å². The van der Waals surface area contributed by atoms with Crippen LogP contribution in [0.3, 0.4) is 0 Å². The Bertz CT molecular complexity index is 1520. The molecule has 0 aliphatic carbocycles. The van der Waals surface area contributed by atoms with Crippen LogP contribution in [0.1, 0.15) is 39.0 Å². The van der Waals surface area contributed by atoms with Crippen LogP contribution in [0, 0.1) is 11.8 Å². The average molecular weight is 686 g/mol. The number of alkyl halides is 1. The summed E-state index contributed by atoms with van der Waals surface area (Å²) in [5, 5.41) is 23.5. The molecule has 6 rings (SSSR count). The van der Waals surface area contributed by atoms with Gasteiger partial charge in [0.1, 0.15) is 24.0 Å². The number of fused-ring (bicyclic) bond motifs is 2. The van der Waals surface area contributed by atoms with Crippen LogP contribution in [0.15, 0.2) is 48.5 Å². The second-order valence-corrected chi connectivity index (χ2v) is 14.3. The maximum absolute atomic E-state index is 14.3. The van der Waals surface area contributed by atoms with Gasteiger partial charge in [-0.15, -0.1) is 16.9 Å². The first kappa shape index (κ1) is 30.8. The minimum absolute atomic E-state index is 0.0216. The molecule has 0 radical (unpaired) electrons. The number of amides is 3. The van der Waals surface area contributed by atoms with Crippen LogP contribution in [-0.2, 0) is 21.1 Å². The number of carbonyl (C=O) groups is 3. The fourth-order valence-electron chi connectivity index (χ4n) is 7.03. The summed E-state index contributed by atoms with van der Waals surface area (Å²) in [4.78, 5) is 43.9. The molecule has 1 spiro atoms. The Balaban J connectivity index is 1.25. The number of nitrogens with zero attached hydrogens (tertiary/aromatic N) is 4. The molecule has 3 unspecified atom stereocenters. The fraction of sp³-hybridized carbons (Fsp3) is 0.516. The number of unbranched alkanes of at least 4 members (excludes halogenated alkanes) is 3. The third-order valence-electron chi connectivity index (χ3n) is 8.90. The van der Waals surface area contributed by atoms with Crippen molar-refractivity contribution in [3.63, 3.8) is 0 Å². The Morgan fingerprint density at radius 1 is 1.11 bits per heavy atom. The van der Waals surface area contributed by atoms with E-state index in [0.717, 1.165) is 23.9 Å². The van der Waals surface area contributed by atoms with Crippen molar-refractivity contribution in [3.05, 3.63) is 48.5 Å². The standard InChI is InChI=1S/C31H37BrN6O5S/c1-2-43-20-13-11-19(12-14-20)34-28(40)24-25-30(42)37(15-7-3-4-8-16-39)27(31(25)17-21(32)26(24)44-31)29(41)33-18-38-23-10-6-5-9-22(23)35-36-38/h5-6,9-14,21,24-27,39H,2-4,7-8,15-18H2,1H3,(H,33,41)(H,34,40)/t21?,24-,25+,26-,27?,31?/m1/s1. The Hall–Kier alpha value is -3.16. The van der Waals surface area contributed by atoms with E-state index >= 15 is 0 Å². The van der Waals surface area contributed by atoms with Crippen molar-refractivity contribution in [2.75, 3.05) is 25.1 Å². The molecule has 6 atom stereocenters. The van der Waals surface area contributed by atoms with Crippen LogP contribution in [-0.4, -0.2) is 83.3 Å². The molecule has 11 nitrogen and oxygen atoms in total. The van der Waals surface area contributed by atoms with Gasteiger partial charge >= 0.3 is 0 Å². The number of aromatic nitrogens is 3. The van der Waals surface area contributed by atoms with Crippen LogP contribution in [0.4, 0.5) is 5.69 Å². The number of nitrogens with one attached hydrogen (secondary N) is 2. The van der Waals surface area contributed by atoms with E-state index in [1.54, 1.807) is 45.6 Å². The summed E-state index contributed by atoms with van der Waals surface area (Å²) >= 11 is 5.43. The number of carbonyl (C=O) groups excluding carboxylic acids is 3. The maximum Gasteiger partial charge on any atom is 0.245 e. The molecule has 2 aromatic carbocycles. The second-order valence-electron chi connectivity index (χ2n) is 11.6. The summed E-state index contributed by atoms with van der Waals surface area (Å²) < 4.78 is 6.42. The minimum Gasteiger partial charge on any atom is -0.494 e. The molecule has 0 saturated carbocycles. The average Bonchev–Trinajstić information content (AvgIpc) is 3.74. The Morgan fingerprint density at radius 3 is 2.66 bits per heavy atom. The summed E-state index contributed by atoms with van der Waals surface area (Å²) in [6.45, 7) is 3.12. The second kappa shape index (κ2) is 13.1. The lowest BCUT2D eigenvalue weighted by atomic mass is 9.70. The Morgan fingerprint density at radius 2 is 1.89 bits per heavy atom. The van der Waals surface area contributed by atoms with E-state index < -0.39 is 22.6 Å². The van der Waals surface area contributed by atoms with Crippen LogP contribution in [0.25, 0.3) is 11.0 Å². The quantitative estimate of drug-likeness (QED) is 0.184. The van der Waals surface area contributed by atoms with Crippen molar-refractivity contribution in [1.29, 1.82) is 0 Å². The molecule has 234 valence electrons. The van der Waals surface area contributed by atoms with Gasteiger partial charge in [0.15, 0.2) is 0 Å². The predicted octanol–water partition coefficient (Wildman–Crippen LogP) is 3.56. The van der Waals surface area contributed by atoms with E-state index in [1.807, 2.05) is 31.2 Å². The first-order chi connectivity index (χ1) is 21.4. The van der Waals surface area contributed by atoms with Crippen molar-refractivity contribution in [2.45, 2.75) is 66.6 Å². The van der Waals surface area contributed by atoms with Crippen LogP contribution in [0.2, 0.25) is 0 Å². The summed E-state index contributed by atoms with van der Waals surface area (Å²) in [6, 6.07) is 14.0. The number of benzene rings is 2. The molecule has 3 aliphatic rings. The van der Waals surface area contributed by atoms with E-state index in [1.165, 1.54) is 0 Å². The molecule has 3 amide bonds. The highest BCUT2D eigenvalue weighted by Crippen LogP contribution is 2.67. The number of thioether (sulfide) groups is 1. The molecule has 3 saturated heterocycles. The number of para-hydroxylation sites is 1. The van der Waals surface area contributed by atoms with E-state index in [-0.39, 0.29) is 41.1 Å². The van der Waals surface area contributed by atoms with Crippen molar-refractivity contribution in [1.82, 2.24) is 25.2 Å². The molecule has 3 fully saturated rings. The summed E-state index contributed by atoms with van der Waals surface area (Å²) in [5.74, 6) is -1.10. The Kier molecular flexibility index (Phi) is 9.16. The van der Waals surface area contributed by atoms with Crippen LogP contribution in [0.5, 0.6) is 5.75 Å². The van der Waals surface area contributed by atoms with Crippen molar-refractivity contribution < 1.29 is 24.2 Å². The highest BCUT2D eigenvalue weighted by molar-refractivity contribution is 9.09. The first-order valence-corrected chi connectivity index (χ1v) is 17.0. The summed E-state index contributed by atoms with van der Waals surface area (Å²) in [7, 11) is 0. The minimum atomic E-state index is -0.740. The predicted molar refractivity (Wildman–Crippen MR) is 171 cm³/mol. The normalized spacial score (nSPS) is 27.1. The number of aliphatic hydroxyl groups is 1. The van der Waals surface area contributed by atoms with Gasteiger partial charge in [0, 0.05) is 28.9 Å². The summed E-state index contributed by atoms with van der Waals surface area (Å²) in [6.07, 6.45) is 3.70. The Labute approximate surface area is 268 Å². The fourth-order valence-corrected chi connectivity index (χ4v) is 10.6. The zero-order chi connectivity index (χ0) is 30.8. The van der Waals surface area contributed by atoms with Gasteiger partial charge in [-0.1, -0.05) is 46.1 Å². The molecule has 2 bridgehead atoms. The maximum atomic E-state index is 14.3. The highest BCUT2D eigenvalue weighted by atomic mass is 79.9. The number of anilines is 1. The number of halogens is 1. The smallest absolute Gasteiger partial charge is 0.245 e. The first-order valence-electron chi connectivity index (χ1n) is 15.2. The van der Waals surface area contributed by atoms with Gasteiger partial charge in [0.2, 0.25) is 17.7 Å². The number of aliphatic hydroxyl groups excluding tert-OH is 1. The van der Waals surface area contributed by atoms with Gasteiger partial charge in [-0.05, 0) is 62.6 Å². The van der Waals surface area contributed by atoms with Gasteiger partial charge in [-0.3, -0.25) is 14.4 Å². The van der Waals surface area contributed by atoms with E-state index in [0.29, 0.717) is 43.9 Å². The SMILES string of the molecule is CCOc1ccc(NC(=O)[C@H]2[C@@H]3SC4(CC3Br)C(C(=O)NCn3nnc5ccccc53)N(CCCCCCO)C(=O)[C@H]24)cc1. The zero-order valence-corrected chi connectivity index (χ0v) is 26.9. The number of rotatable bonds is 13. The van der Waals surface area contributed by atoms with Crippen molar-refractivity contribution >= 4 is 62.1 Å². The molecule has 1 aromatic heterocycles. The highest BCUT2D eigenvalue weighted by Gasteiger charge is 2.75. The van der Waals surface area contributed by atoms with Gasteiger partial charge in [-0.2, -0.15) is 0 Å². The van der Waals surface area contributed by atoms with Crippen molar-refractivity contribution in [2.24, 2.45) is 11.8 Å². The number of ether oxygens (including phenoxy) is 1. The molecule has 13 heteroatoms. The third kappa shape index (κ3) is 5.58. The lowest BCUT2D eigenvalue weighted by molar-refractivity contribution is -0.139. The lowest BCUT2D eigenvalue weighted by Crippen LogP contribution is -2.54. The molecule has 3 aliphatic heterocycles. The monoisotopic (exact) mass is 684 g/mol. The van der Waals surface area contributed by atoms with E-state index in [2.05, 4.69) is 36.9 Å². The van der Waals surface area contributed by atoms with Gasteiger partial charge in [0.05, 0.1) is 28.7 Å². The summed E-state index contributed by atoms with van der Waals surface area (Å²) in [5.41, 5.74) is 2.16. The molecule has 44 heavy (non-hydrogen) atoms. The third-order valence-corrected chi connectivity index (χ3v) is 12.1. The largest absolute Gasteiger partial charge is 0.494 e. The number of likely N-dealkylation sites (tertiary alicyclic amines) is 1. The van der Waals surface area contributed by atoms with E-state index in [9.17, 15) is 19.5 Å². The van der Waals surface area contributed by atoms with Gasteiger partial charge in [0.25, 0.3) is 0 Å². The lowest BCUT2D eigenvalue weighted by Gasteiger charge is -2.35. The van der Waals surface area contributed by atoms with E-state index in [4.69, 9.17) is 4.74 Å². The van der Waals surface area contributed by atoms with Gasteiger partial charge < -0.3 is 25.4 Å². The van der Waals surface area contributed by atoms with Gasteiger partial charge in [-0.25, -0.2) is 4.68 Å². The molecular weight excluding hydrogens is 648 g/mol. The molecule has 3 N–H and O–H groups in total. The van der Waals surface area contributed by atoms with Crippen LogP contribution >= 0.6 is 27.7 Å². The number of hydrogen-bond acceptors (Lipinski definition) is 8. The van der Waals surface area contributed by atoms with Crippen LogP contribution < -0.4 is 15.4 Å². The van der Waals surface area contributed by atoms with Crippen molar-refractivity contribution in [3.8, 4) is 5.75 Å². The number of hydrogen-bond donors (Lipinski definition) is 3. The molecule has 4 heterocycles. The zero-order valence-electron chi connectivity index (χ0n) is 24.5. The molecular formula is C31H37BrN6O5S.